The van der Waals surface area contributed by atoms with E-state index in [1.807, 2.05) is 6.92 Å². The normalized spacial score (nSPS) is 28.0. The second-order valence-corrected chi connectivity index (χ2v) is 9.37. The van der Waals surface area contributed by atoms with Crippen molar-refractivity contribution in [2.75, 3.05) is 0 Å². The third-order valence-corrected chi connectivity index (χ3v) is 7.29. The predicted molar refractivity (Wildman–Crippen MR) is 116 cm³/mol. The molecule has 0 amide bonds. The Bertz CT molecular complexity index is 684. The first kappa shape index (κ1) is 23.2. The number of ether oxygens (including phenoxy) is 1. The molecule has 1 nitrogen and oxygen atoms in total. The van der Waals surface area contributed by atoms with Crippen LogP contribution >= 0.6 is 0 Å². The summed E-state index contributed by atoms with van der Waals surface area (Å²) in [6, 6.07) is 3.95. The molecule has 2 aliphatic carbocycles. The predicted octanol–water partition coefficient (Wildman–Crippen LogP) is 8.33. The van der Waals surface area contributed by atoms with Crippen molar-refractivity contribution in [3.8, 4) is 5.75 Å². The van der Waals surface area contributed by atoms with Crippen LogP contribution in [0.25, 0.3) is 0 Å². The molecule has 0 atom stereocenters. The van der Waals surface area contributed by atoms with Gasteiger partial charge >= 0.3 is 6.11 Å². The van der Waals surface area contributed by atoms with Gasteiger partial charge in [-0.05, 0) is 80.2 Å². The minimum atomic E-state index is -3.42. The number of benzene rings is 1. The van der Waals surface area contributed by atoms with Crippen molar-refractivity contribution in [1.82, 2.24) is 0 Å². The molecule has 0 aliphatic heterocycles. The molecule has 0 aromatic heterocycles. The standard InChI is InChI=1S/C26H37F3O/c1-3-5-19-6-10-22(11-7-19)23-12-8-20(9-13-23)16-17-26(28,29)30-24-15-14-21(4-2)25(27)18-24/h14-20,22-23H,3-13H2,1-2H3. The summed E-state index contributed by atoms with van der Waals surface area (Å²) in [5.74, 6) is 2.09. The first-order chi connectivity index (χ1) is 14.4. The molecule has 2 fully saturated rings. The van der Waals surface area contributed by atoms with E-state index in [4.69, 9.17) is 4.74 Å². The lowest BCUT2D eigenvalue weighted by atomic mass is 9.69. The summed E-state index contributed by atoms with van der Waals surface area (Å²) < 4.78 is 47.0. The minimum absolute atomic E-state index is 0.137. The highest BCUT2D eigenvalue weighted by atomic mass is 19.3. The van der Waals surface area contributed by atoms with Crippen molar-refractivity contribution in [2.45, 2.75) is 90.6 Å². The van der Waals surface area contributed by atoms with E-state index in [-0.39, 0.29) is 11.7 Å². The molecule has 0 bridgehead atoms. The average Bonchev–Trinajstić information content (AvgIpc) is 2.73. The molecule has 168 valence electrons. The van der Waals surface area contributed by atoms with Crippen LogP contribution < -0.4 is 4.74 Å². The maximum absolute atomic E-state index is 14.2. The van der Waals surface area contributed by atoms with Crippen molar-refractivity contribution >= 4 is 0 Å². The average molecular weight is 423 g/mol. The number of aryl methyl sites for hydroxylation is 1. The van der Waals surface area contributed by atoms with Gasteiger partial charge in [0.15, 0.2) is 0 Å². The molecule has 30 heavy (non-hydrogen) atoms. The van der Waals surface area contributed by atoms with Gasteiger partial charge in [-0.1, -0.05) is 51.7 Å². The largest absolute Gasteiger partial charge is 0.429 e. The van der Waals surface area contributed by atoms with Gasteiger partial charge in [0.1, 0.15) is 11.6 Å². The number of allylic oxidation sites excluding steroid dienone is 1. The van der Waals surface area contributed by atoms with Crippen LogP contribution in [0.15, 0.2) is 30.4 Å². The zero-order chi connectivity index (χ0) is 21.6. The van der Waals surface area contributed by atoms with Crippen LogP contribution in [0.3, 0.4) is 0 Å². The molecule has 1 aromatic carbocycles. The molecule has 2 aliphatic rings. The van der Waals surface area contributed by atoms with E-state index in [0.29, 0.717) is 12.0 Å². The van der Waals surface area contributed by atoms with Crippen molar-refractivity contribution < 1.29 is 17.9 Å². The van der Waals surface area contributed by atoms with Gasteiger partial charge in [-0.3, -0.25) is 0 Å². The van der Waals surface area contributed by atoms with Gasteiger partial charge in [-0.25, -0.2) is 4.39 Å². The Morgan fingerprint density at radius 2 is 1.60 bits per heavy atom. The molecule has 4 heteroatoms. The van der Waals surface area contributed by atoms with Crippen LogP contribution in [0.5, 0.6) is 5.75 Å². The Morgan fingerprint density at radius 3 is 2.17 bits per heavy atom. The van der Waals surface area contributed by atoms with Gasteiger partial charge in [0.05, 0.1) is 0 Å². The second-order valence-electron chi connectivity index (χ2n) is 9.37. The summed E-state index contributed by atoms with van der Waals surface area (Å²) in [5, 5.41) is 0. The lowest BCUT2D eigenvalue weighted by molar-refractivity contribution is -0.132. The Balaban J connectivity index is 1.45. The first-order valence-corrected chi connectivity index (χ1v) is 11.9. The monoisotopic (exact) mass is 422 g/mol. The summed E-state index contributed by atoms with van der Waals surface area (Å²) in [5.41, 5.74) is 0.497. The van der Waals surface area contributed by atoms with Crippen molar-refractivity contribution in [3.63, 3.8) is 0 Å². The SMILES string of the molecule is CCCC1CCC(C2CCC(C=CC(F)(F)Oc3ccc(CC)c(F)c3)CC2)CC1. The van der Waals surface area contributed by atoms with Gasteiger partial charge in [0, 0.05) is 12.1 Å². The molecule has 2 saturated carbocycles. The third kappa shape index (κ3) is 6.52. The fraction of sp³-hybridized carbons (Fsp3) is 0.692. The van der Waals surface area contributed by atoms with Crippen molar-refractivity contribution in [2.24, 2.45) is 23.7 Å². The van der Waals surface area contributed by atoms with Gasteiger partial charge in [-0.15, -0.1) is 0 Å². The number of hydrogen-bond donors (Lipinski definition) is 0. The summed E-state index contributed by atoms with van der Waals surface area (Å²) in [6.07, 6.45) is 12.0. The van der Waals surface area contributed by atoms with E-state index in [0.717, 1.165) is 55.6 Å². The zero-order valence-electron chi connectivity index (χ0n) is 18.5. The van der Waals surface area contributed by atoms with Crippen LogP contribution in [0.2, 0.25) is 0 Å². The Kier molecular flexibility index (Phi) is 8.30. The third-order valence-electron chi connectivity index (χ3n) is 7.29. The van der Waals surface area contributed by atoms with Crippen LogP contribution in [0.4, 0.5) is 13.2 Å². The van der Waals surface area contributed by atoms with Gasteiger partial charge in [0.25, 0.3) is 0 Å². The lowest BCUT2D eigenvalue weighted by Crippen LogP contribution is -2.26. The topological polar surface area (TPSA) is 9.23 Å². The molecule has 0 N–H and O–H groups in total. The van der Waals surface area contributed by atoms with E-state index in [1.54, 1.807) is 6.08 Å². The van der Waals surface area contributed by atoms with Crippen molar-refractivity contribution in [3.05, 3.63) is 41.7 Å². The minimum Gasteiger partial charge on any atom is -0.429 e. The Labute approximate surface area is 180 Å². The molecule has 0 unspecified atom stereocenters. The second kappa shape index (κ2) is 10.7. The highest BCUT2D eigenvalue weighted by molar-refractivity contribution is 5.29. The number of halogens is 3. The molecule has 0 spiro atoms. The van der Waals surface area contributed by atoms with Gasteiger partial charge in [0.2, 0.25) is 0 Å². The van der Waals surface area contributed by atoms with Gasteiger partial charge in [-0.2, -0.15) is 8.78 Å². The molecular weight excluding hydrogens is 385 g/mol. The molecule has 3 rings (SSSR count). The highest BCUT2D eigenvalue weighted by Crippen LogP contribution is 2.42. The molecule has 0 radical (unpaired) electrons. The number of rotatable bonds is 8. The van der Waals surface area contributed by atoms with E-state index >= 15 is 0 Å². The van der Waals surface area contributed by atoms with Gasteiger partial charge < -0.3 is 4.74 Å². The number of alkyl halides is 2. The van der Waals surface area contributed by atoms with Crippen LogP contribution in [0.1, 0.15) is 83.6 Å². The zero-order valence-corrected chi connectivity index (χ0v) is 18.5. The smallest absolute Gasteiger partial charge is 0.419 e. The van der Waals surface area contributed by atoms with E-state index in [1.165, 1.54) is 50.7 Å². The fourth-order valence-electron chi connectivity index (χ4n) is 5.48. The summed E-state index contributed by atoms with van der Waals surface area (Å²) >= 11 is 0. The molecular formula is C26H37F3O. The summed E-state index contributed by atoms with van der Waals surface area (Å²) in [4.78, 5) is 0. The van der Waals surface area contributed by atoms with E-state index in [2.05, 4.69) is 6.92 Å². The van der Waals surface area contributed by atoms with E-state index in [9.17, 15) is 13.2 Å². The molecule has 0 saturated heterocycles. The first-order valence-electron chi connectivity index (χ1n) is 11.9. The fourth-order valence-corrected chi connectivity index (χ4v) is 5.48. The van der Waals surface area contributed by atoms with Crippen LogP contribution in [-0.2, 0) is 6.42 Å². The lowest BCUT2D eigenvalue weighted by Gasteiger charge is -2.37. The van der Waals surface area contributed by atoms with Crippen molar-refractivity contribution in [1.29, 1.82) is 0 Å². The molecule has 0 heterocycles. The Morgan fingerprint density at radius 1 is 0.967 bits per heavy atom. The number of hydrogen-bond acceptors (Lipinski definition) is 1. The maximum atomic E-state index is 14.2. The summed E-state index contributed by atoms with van der Waals surface area (Å²) in [6.45, 7) is 4.10. The van der Waals surface area contributed by atoms with Crippen LogP contribution in [0, 0.1) is 29.5 Å². The maximum Gasteiger partial charge on any atom is 0.419 e. The quantitative estimate of drug-likeness (QED) is 0.383. The molecule has 1 aromatic rings. The Hall–Kier alpha value is -1.45. The summed E-state index contributed by atoms with van der Waals surface area (Å²) in [7, 11) is 0. The van der Waals surface area contributed by atoms with E-state index < -0.39 is 11.9 Å². The van der Waals surface area contributed by atoms with Crippen LogP contribution in [-0.4, -0.2) is 6.11 Å². The highest BCUT2D eigenvalue weighted by Gasteiger charge is 2.32.